The van der Waals surface area contributed by atoms with Crippen LogP contribution in [-0.4, -0.2) is 35.2 Å². The lowest BCUT2D eigenvalue weighted by Gasteiger charge is -2.28. The molecule has 1 aliphatic heterocycles. The Hall–Kier alpha value is -2.63. The number of amides is 1. The van der Waals surface area contributed by atoms with E-state index in [-0.39, 0.29) is 5.91 Å². The van der Waals surface area contributed by atoms with Gasteiger partial charge in [-0.15, -0.1) is 10.2 Å². The molecule has 0 atom stereocenters. The number of nitrogens with zero attached hydrogens (tertiary/aromatic N) is 3. The summed E-state index contributed by atoms with van der Waals surface area (Å²) >= 11 is 0. The van der Waals surface area contributed by atoms with Gasteiger partial charge in [0.1, 0.15) is 5.82 Å². The maximum atomic E-state index is 12.3. The second-order valence-electron chi connectivity index (χ2n) is 6.77. The molecule has 1 saturated carbocycles. The number of aromatic nitrogens is 2. The minimum atomic E-state index is -0.240. The van der Waals surface area contributed by atoms with Gasteiger partial charge in [0.05, 0.1) is 0 Å². The maximum absolute atomic E-state index is 12.3. The highest BCUT2D eigenvalue weighted by Gasteiger charge is 2.21. The Kier molecular flexibility index (Phi) is 4.50. The van der Waals surface area contributed by atoms with Gasteiger partial charge in [0.2, 0.25) is 0 Å². The molecule has 1 saturated heterocycles. The summed E-state index contributed by atoms with van der Waals surface area (Å²) in [5, 5.41) is 14.2. The lowest BCUT2D eigenvalue weighted by molar-refractivity contribution is 0.102. The highest BCUT2D eigenvalue weighted by molar-refractivity contribution is 6.02. The van der Waals surface area contributed by atoms with E-state index in [1.165, 1.54) is 37.8 Å². The van der Waals surface area contributed by atoms with Crippen LogP contribution >= 0.6 is 0 Å². The monoisotopic (exact) mass is 337 g/mol. The standard InChI is InChI=1S/C19H23N5O/c25-19(17-10-11-18(23-22-17)20-14-4-5-14)21-15-6-8-16(9-7-15)24-12-2-1-3-13-24/h6-11,14H,1-5,12-13H2,(H,20,23)(H,21,25). The number of carbonyl (C=O) groups excluding carboxylic acids is 1. The summed E-state index contributed by atoms with van der Waals surface area (Å²) in [7, 11) is 0. The Bertz CT molecular complexity index is 718. The van der Waals surface area contributed by atoms with E-state index in [2.05, 4.69) is 37.9 Å². The molecular formula is C19H23N5O. The van der Waals surface area contributed by atoms with E-state index >= 15 is 0 Å². The molecular weight excluding hydrogens is 314 g/mol. The van der Waals surface area contributed by atoms with Gasteiger partial charge in [0, 0.05) is 30.5 Å². The molecule has 6 nitrogen and oxygen atoms in total. The first-order valence-electron chi connectivity index (χ1n) is 9.04. The third kappa shape index (κ3) is 4.07. The zero-order valence-corrected chi connectivity index (χ0v) is 14.2. The molecule has 0 spiro atoms. The molecule has 1 amide bonds. The second-order valence-corrected chi connectivity index (χ2v) is 6.77. The van der Waals surface area contributed by atoms with Crippen molar-refractivity contribution < 1.29 is 4.79 Å². The van der Waals surface area contributed by atoms with Crippen LogP contribution in [0.1, 0.15) is 42.6 Å². The topological polar surface area (TPSA) is 70.2 Å². The number of carbonyl (C=O) groups is 1. The summed E-state index contributed by atoms with van der Waals surface area (Å²) in [6.07, 6.45) is 6.18. The van der Waals surface area contributed by atoms with Crippen LogP contribution in [-0.2, 0) is 0 Å². The van der Waals surface area contributed by atoms with E-state index in [0.717, 1.165) is 24.6 Å². The fourth-order valence-corrected chi connectivity index (χ4v) is 3.07. The van der Waals surface area contributed by atoms with Crippen molar-refractivity contribution in [3.05, 3.63) is 42.1 Å². The highest BCUT2D eigenvalue weighted by atomic mass is 16.1. The summed E-state index contributed by atoms with van der Waals surface area (Å²) < 4.78 is 0. The fraction of sp³-hybridized carbons (Fsp3) is 0.421. The Labute approximate surface area is 147 Å². The Morgan fingerprint density at radius 2 is 1.72 bits per heavy atom. The van der Waals surface area contributed by atoms with Gasteiger partial charge in [-0.2, -0.15) is 0 Å². The molecule has 1 aromatic heterocycles. The molecule has 2 aliphatic rings. The van der Waals surface area contributed by atoms with E-state index in [4.69, 9.17) is 0 Å². The maximum Gasteiger partial charge on any atom is 0.276 e. The predicted octanol–water partition coefficient (Wildman–Crippen LogP) is 3.29. The van der Waals surface area contributed by atoms with Gasteiger partial charge in [-0.05, 0) is 68.5 Å². The molecule has 1 aromatic carbocycles. The SMILES string of the molecule is O=C(Nc1ccc(N2CCCCC2)cc1)c1ccc(NC2CC2)nn1. The molecule has 2 fully saturated rings. The summed E-state index contributed by atoms with van der Waals surface area (Å²) in [4.78, 5) is 14.7. The van der Waals surface area contributed by atoms with Crippen LogP contribution in [0.5, 0.6) is 0 Å². The fourth-order valence-electron chi connectivity index (χ4n) is 3.07. The number of hydrogen-bond acceptors (Lipinski definition) is 5. The van der Waals surface area contributed by atoms with Crippen molar-refractivity contribution in [1.29, 1.82) is 0 Å². The van der Waals surface area contributed by atoms with Gasteiger partial charge in [-0.3, -0.25) is 4.79 Å². The van der Waals surface area contributed by atoms with Crippen LogP contribution in [0.2, 0.25) is 0 Å². The molecule has 0 bridgehead atoms. The van der Waals surface area contributed by atoms with Gasteiger partial charge in [0.25, 0.3) is 5.91 Å². The number of benzene rings is 1. The van der Waals surface area contributed by atoms with Crippen molar-refractivity contribution in [1.82, 2.24) is 10.2 Å². The van der Waals surface area contributed by atoms with Crippen LogP contribution in [0.3, 0.4) is 0 Å². The molecule has 25 heavy (non-hydrogen) atoms. The van der Waals surface area contributed by atoms with Crippen molar-refractivity contribution in [2.45, 2.75) is 38.1 Å². The minimum absolute atomic E-state index is 0.240. The van der Waals surface area contributed by atoms with Gasteiger partial charge in [-0.1, -0.05) is 0 Å². The summed E-state index contributed by atoms with van der Waals surface area (Å²) in [6.45, 7) is 2.23. The van der Waals surface area contributed by atoms with Crippen molar-refractivity contribution in [3.63, 3.8) is 0 Å². The summed E-state index contributed by atoms with van der Waals surface area (Å²) in [5.74, 6) is 0.487. The zero-order chi connectivity index (χ0) is 17.1. The van der Waals surface area contributed by atoms with Gasteiger partial charge >= 0.3 is 0 Å². The molecule has 0 radical (unpaired) electrons. The average molecular weight is 337 g/mol. The van der Waals surface area contributed by atoms with Gasteiger partial charge in [-0.25, -0.2) is 0 Å². The van der Waals surface area contributed by atoms with Gasteiger partial charge in [0.15, 0.2) is 5.69 Å². The van der Waals surface area contributed by atoms with Crippen molar-refractivity contribution in [2.75, 3.05) is 28.6 Å². The third-order valence-corrected chi connectivity index (χ3v) is 4.67. The van der Waals surface area contributed by atoms with E-state index in [9.17, 15) is 4.79 Å². The molecule has 6 heteroatoms. The first-order valence-corrected chi connectivity index (χ1v) is 9.04. The first-order chi connectivity index (χ1) is 12.3. The predicted molar refractivity (Wildman–Crippen MR) is 99.1 cm³/mol. The second kappa shape index (κ2) is 7.09. The summed E-state index contributed by atoms with van der Waals surface area (Å²) in [6, 6.07) is 12.0. The Morgan fingerprint density at radius 3 is 2.36 bits per heavy atom. The number of rotatable bonds is 5. The number of anilines is 3. The van der Waals surface area contributed by atoms with Crippen molar-refractivity contribution in [2.24, 2.45) is 0 Å². The van der Waals surface area contributed by atoms with E-state index < -0.39 is 0 Å². The molecule has 2 heterocycles. The molecule has 4 rings (SSSR count). The summed E-state index contributed by atoms with van der Waals surface area (Å²) in [5.41, 5.74) is 2.31. The van der Waals surface area contributed by atoms with Crippen LogP contribution < -0.4 is 15.5 Å². The third-order valence-electron chi connectivity index (χ3n) is 4.67. The molecule has 0 unspecified atom stereocenters. The molecule has 1 aliphatic carbocycles. The lowest BCUT2D eigenvalue weighted by atomic mass is 10.1. The number of hydrogen-bond donors (Lipinski definition) is 2. The number of nitrogens with one attached hydrogen (secondary N) is 2. The quantitative estimate of drug-likeness (QED) is 0.876. The lowest BCUT2D eigenvalue weighted by Crippen LogP contribution is -2.29. The molecule has 2 N–H and O–H groups in total. The zero-order valence-electron chi connectivity index (χ0n) is 14.2. The smallest absolute Gasteiger partial charge is 0.276 e. The molecule has 2 aromatic rings. The normalized spacial score (nSPS) is 17.2. The van der Waals surface area contributed by atoms with E-state index in [0.29, 0.717) is 11.7 Å². The van der Waals surface area contributed by atoms with Crippen LogP contribution in [0, 0.1) is 0 Å². The van der Waals surface area contributed by atoms with Crippen molar-refractivity contribution >= 4 is 23.1 Å². The first kappa shape index (κ1) is 15.9. The van der Waals surface area contributed by atoms with Crippen LogP contribution in [0.25, 0.3) is 0 Å². The largest absolute Gasteiger partial charge is 0.372 e. The van der Waals surface area contributed by atoms with E-state index in [1.54, 1.807) is 12.1 Å². The van der Waals surface area contributed by atoms with Crippen LogP contribution in [0.4, 0.5) is 17.2 Å². The molecule has 130 valence electrons. The highest BCUT2D eigenvalue weighted by Crippen LogP contribution is 2.24. The minimum Gasteiger partial charge on any atom is -0.372 e. The van der Waals surface area contributed by atoms with E-state index in [1.807, 2.05) is 12.1 Å². The van der Waals surface area contributed by atoms with Crippen LogP contribution in [0.15, 0.2) is 36.4 Å². The number of piperidine rings is 1. The Morgan fingerprint density at radius 1 is 0.960 bits per heavy atom. The average Bonchev–Trinajstić information content (AvgIpc) is 3.48. The Balaban J connectivity index is 1.36. The van der Waals surface area contributed by atoms with Gasteiger partial charge < -0.3 is 15.5 Å². The van der Waals surface area contributed by atoms with Crippen molar-refractivity contribution in [3.8, 4) is 0 Å².